The number of ether oxygens (including phenoxy) is 2. The molecule has 2 amide bonds. The molecule has 7 heteroatoms. The molecule has 0 atom stereocenters. The summed E-state index contributed by atoms with van der Waals surface area (Å²) in [6, 6.07) is 10.9. The Labute approximate surface area is 143 Å². The minimum absolute atomic E-state index is 0.403. The van der Waals surface area contributed by atoms with Crippen LogP contribution < -0.4 is 10.5 Å². The fourth-order valence-electron chi connectivity index (χ4n) is 3.15. The number of carbonyl (C=O) groups excluding carboxylic acids is 2. The summed E-state index contributed by atoms with van der Waals surface area (Å²) in [7, 11) is 0. The quantitative estimate of drug-likeness (QED) is 0.774. The van der Waals surface area contributed by atoms with Crippen molar-refractivity contribution in [3.05, 3.63) is 48.2 Å². The highest BCUT2D eigenvalue weighted by Gasteiger charge is 2.20. The van der Waals surface area contributed by atoms with Crippen LogP contribution in [0.5, 0.6) is 5.75 Å². The van der Waals surface area contributed by atoms with Crippen molar-refractivity contribution in [2.24, 2.45) is 5.73 Å². The van der Waals surface area contributed by atoms with E-state index in [4.69, 9.17) is 15.2 Å². The number of benzene rings is 1. The Morgan fingerprint density at radius 2 is 1.80 bits per heavy atom. The van der Waals surface area contributed by atoms with Crippen molar-refractivity contribution in [1.82, 2.24) is 9.30 Å². The van der Waals surface area contributed by atoms with Crippen molar-refractivity contribution in [1.29, 1.82) is 0 Å². The predicted octanol–water partition coefficient (Wildman–Crippen LogP) is 2.02. The third-order valence-corrected chi connectivity index (χ3v) is 4.33. The zero-order valence-corrected chi connectivity index (χ0v) is 13.5. The molecule has 25 heavy (non-hydrogen) atoms. The van der Waals surface area contributed by atoms with Gasteiger partial charge in [-0.1, -0.05) is 18.2 Å². The molecule has 1 saturated heterocycles. The monoisotopic (exact) mass is 339 g/mol. The molecule has 2 aromatic heterocycles. The van der Waals surface area contributed by atoms with Gasteiger partial charge in [0.05, 0.1) is 36.0 Å². The molecule has 7 nitrogen and oxygen atoms in total. The summed E-state index contributed by atoms with van der Waals surface area (Å²) in [6.07, 6.45) is 1.29. The summed E-state index contributed by atoms with van der Waals surface area (Å²) in [6.45, 7) is 2.05. The number of aromatic nitrogens is 1. The average molecular weight is 339 g/mol. The molecule has 3 heterocycles. The number of rotatable bonds is 2. The maximum Gasteiger partial charge on any atom is 0.415 e. The number of hydrogen-bond acceptors (Lipinski definition) is 4. The first-order valence-corrected chi connectivity index (χ1v) is 8.02. The van der Waals surface area contributed by atoms with Crippen molar-refractivity contribution in [2.75, 3.05) is 26.3 Å². The second kappa shape index (κ2) is 6.10. The number of para-hydroxylation sites is 1. The lowest BCUT2D eigenvalue weighted by Crippen LogP contribution is -2.42. The summed E-state index contributed by atoms with van der Waals surface area (Å²) in [5.74, 6) is -0.0856. The molecule has 0 radical (unpaired) electrons. The highest BCUT2D eigenvalue weighted by atomic mass is 16.6. The maximum atomic E-state index is 12.2. The van der Waals surface area contributed by atoms with E-state index in [2.05, 4.69) is 0 Å². The van der Waals surface area contributed by atoms with Gasteiger partial charge in [-0.3, -0.25) is 4.79 Å². The fraction of sp³-hybridized carbons (Fsp3) is 0.222. The molecule has 0 aliphatic carbocycles. The number of hydrogen-bond donors (Lipinski definition) is 1. The summed E-state index contributed by atoms with van der Waals surface area (Å²) in [5, 5.41) is 0.770. The first-order valence-electron chi connectivity index (χ1n) is 8.02. The Bertz CT molecular complexity index is 973. The normalized spacial score (nSPS) is 14.8. The molecule has 0 saturated carbocycles. The highest BCUT2D eigenvalue weighted by molar-refractivity contribution is 6.13. The van der Waals surface area contributed by atoms with Gasteiger partial charge in [0.15, 0.2) is 0 Å². The van der Waals surface area contributed by atoms with Crippen LogP contribution in [0.2, 0.25) is 0 Å². The molecule has 1 aliphatic heterocycles. The van der Waals surface area contributed by atoms with Crippen LogP contribution in [0.4, 0.5) is 4.79 Å². The number of nitrogens with zero attached hydrogens (tertiary/aromatic N) is 2. The number of pyridine rings is 1. The molecular formula is C18H17N3O4. The summed E-state index contributed by atoms with van der Waals surface area (Å²) < 4.78 is 12.5. The first-order chi connectivity index (χ1) is 12.1. The van der Waals surface area contributed by atoms with Gasteiger partial charge in [0.1, 0.15) is 5.75 Å². The largest absolute Gasteiger partial charge is 0.415 e. The van der Waals surface area contributed by atoms with E-state index in [1.165, 1.54) is 0 Å². The predicted molar refractivity (Wildman–Crippen MR) is 91.8 cm³/mol. The number of carbonyl (C=O) groups is 2. The van der Waals surface area contributed by atoms with Gasteiger partial charge in [-0.05, 0) is 18.2 Å². The number of primary amides is 1. The van der Waals surface area contributed by atoms with Crippen molar-refractivity contribution in [3.63, 3.8) is 0 Å². The Morgan fingerprint density at radius 1 is 1.04 bits per heavy atom. The maximum absolute atomic E-state index is 12.2. The van der Waals surface area contributed by atoms with E-state index < -0.39 is 12.0 Å². The van der Waals surface area contributed by atoms with Gasteiger partial charge in [0.2, 0.25) is 0 Å². The summed E-state index contributed by atoms with van der Waals surface area (Å²) in [4.78, 5) is 25.7. The molecule has 1 aliphatic rings. The van der Waals surface area contributed by atoms with Gasteiger partial charge in [-0.25, -0.2) is 4.79 Å². The second-order valence-corrected chi connectivity index (χ2v) is 5.84. The topological polar surface area (TPSA) is 86.3 Å². The van der Waals surface area contributed by atoms with E-state index in [-0.39, 0.29) is 0 Å². The minimum Gasteiger partial charge on any atom is -0.409 e. The number of morpholine rings is 1. The third-order valence-electron chi connectivity index (χ3n) is 4.33. The van der Waals surface area contributed by atoms with Crippen molar-refractivity contribution < 1.29 is 19.1 Å². The molecule has 1 fully saturated rings. The lowest BCUT2D eigenvalue weighted by Gasteiger charge is -2.25. The lowest BCUT2D eigenvalue weighted by molar-refractivity contribution is 0.0415. The minimum atomic E-state index is -0.489. The van der Waals surface area contributed by atoms with E-state index in [1.54, 1.807) is 23.2 Å². The molecule has 2 N–H and O–H groups in total. The van der Waals surface area contributed by atoms with Crippen LogP contribution in [-0.4, -0.2) is 47.6 Å². The van der Waals surface area contributed by atoms with Gasteiger partial charge in [-0.15, -0.1) is 0 Å². The van der Waals surface area contributed by atoms with E-state index in [0.29, 0.717) is 43.1 Å². The van der Waals surface area contributed by atoms with Crippen LogP contribution in [0.3, 0.4) is 0 Å². The Hall–Kier alpha value is -3.06. The molecule has 4 rings (SSSR count). The van der Waals surface area contributed by atoms with Crippen LogP contribution in [-0.2, 0) is 4.74 Å². The van der Waals surface area contributed by atoms with Crippen molar-refractivity contribution in [2.45, 2.75) is 0 Å². The van der Waals surface area contributed by atoms with E-state index >= 15 is 0 Å². The fourth-order valence-corrected chi connectivity index (χ4v) is 3.15. The van der Waals surface area contributed by atoms with Gasteiger partial charge < -0.3 is 24.5 Å². The Balaban J connectivity index is 1.74. The van der Waals surface area contributed by atoms with Crippen molar-refractivity contribution >= 4 is 28.4 Å². The van der Waals surface area contributed by atoms with E-state index in [1.807, 2.05) is 28.7 Å². The zero-order valence-electron chi connectivity index (χ0n) is 13.5. The van der Waals surface area contributed by atoms with E-state index in [0.717, 1.165) is 10.9 Å². The number of amides is 2. The molecule has 3 aromatic rings. The zero-order chi connectivity index (χ0) is 17.4. The highest BCUT2D eigenvalue weighted by Crippen LogP contribution is 2.28. The van der Waals surface area contributed by atoms with Crippen LogP contribution in [0.25, 0.3) is 16.4 Å². The molecule has 0 bridgehead atoms. The van der Waals surface area contributed by atoms with Crippen LogP contribution in [0.15, 0.2) is 42.6 Å². The number of nitrogens with two attached hydrogens (primary N) is 1. The van der Waals surface area contributed by atoms with Gasteiger partial charge in [-0.2, -0.15) is 0 Å². The summed E-state index contributed by atoms with van der Waals surface area (Å²) >= 11 is 0. The number of fused-ring (bicyclic) bond motifs is 3. The van der Waals surface area contributed by atoms with Gasteiger partial charge in [0.25, 0.3) is 5.91 Å². The van der Waals surface area contributed by atoms with Gasteiger partial charge >= 0.3 is 6.09 Å². The molecule has 128 valence electrons. The Kier molecular flexibility index (Phi) is 3.77. The average Bonchev–Trinajstić information content (AvgIpc) is 2.96. The molecule has 1 aromatic carbocycles. The lowest BCUT2D eigenvalue weighted by atomic mass is 10.1. The van der Waals surface area contributed by atoms with Crippen LogP contribution >= 0.6 is 0 Å². The molecule has 0 spiro atoms. The molecule has 0 unspecified atom stereocenters. The second-order valence-electron chi connectivity index (χ2n) is 5.84. The van der Waals surface area contributed by atoms with Crippen LogP contribution in [0.1, 0.15) is 10.4 Å². The smallest absolute Gasteiger partial charge is 0.409 e. The Morgan fingerprint density at radius 3 is 2.56 bits per heavy atom. The van der Waals surface area contributed by atoms with Crippen LogP contribution in [0, 0.1) is 0 Å². The summed E-state index contributed by atoms with van der Waals surface area (Å²) in [5.41, 5.74) is 7.52. The van der Waals surface area contributed by atoms with Gasteiger partial charge in [0, 0.05) is 18.5 Å². The molecular weight excluding hydrogens is 322 g/mol. The van der Waals surface area contributed by atoms with Crippen molar-refractivity contribution in [3.8, 4) is 5.75 Å². The van der Waals surface area contributed by atoms with E-state index in [9.17, 15) is 9.59 Å². The third kappa shape index (κ3) is 2.68. The standard InChI is InChI=1S/C18H17N3O4/c19-17(22)16-13-3-1-2-4-14(13)21-11-12(5-6-15(16)21)25-18(23)20-7-9-24-10-8-20/h1-6,11H,7-10H2,(H2,19,22). The SMILES string of the molecule is NC(=O)c1c2ccccc2n2cc(OC(=O)N3CCOCC3)ccc12. The first kappa shape index (κ1) is 15.5.